The molecule has 55 heavy (non-hydrogen) atoms. The number of rotatable bonds is 3. The molecule has 0 fully saturated rings. The molecule has 2 heterocycles. The van der Waals surface area contributed by atoms with Crippen molar-refractivity contribution >= 4 is 48.6 Å². The van der Waals surface area contributed by atoms with E-state index in [1.807, 2.05) is 11.3 Å². The summed E-state index contributed by atoms with van der Waals surface area (Å²) in [7, 11) is 0. The van der Waals surface area contributed by atoms with Crippen LogP contribution < -0.4 is 4.90 Å². The molecule has 0 radical (unpaired) electrons. The van der Waals surface area contributed by atoms with Crippen molar-refractivity contribution in [3.63, 3.8) is 0 Å². The molecular formula is C53H37NS. The van der Waals surface area contributed by atoms with E-state index >= 15 is 0 Å². The van der Waals surface area contributed by atoms with Crippen LogP contribution in [-0.2, 0) is 10.8 Å². The van der Waals surface area contributed by atoms with Crippen molar-refractivity contribution in [2.75, 3.05) is 4.90 Å². The highest BCUT2D eigenvalue weighted by atomic mass is 32.1. The molecule has 2 aliphatic carbocycles. The minimum atomic E-state index is -0.365. The Morgan fingerprint density at radius 3 is 1.69 bits per heavy atom. The van der Waals surface area contributed by atoms with E-state index in [4.69, 9.17) is 0 Å². The zero-order valence-electron chi connectivity index (χ0n) is 31.0. The van der Waals surface area contributed by atoms with Crippen LogP contribution in [0.2, 0.25) is 0 Å². The van der Waals surface area contributed by atoms with Gasteiger partial charge in [0.2, 0.25) is 0 Å². The lowest BCUT2D eigenvalue weighted by Gasteiger charge is -2.44. The van der Waals surface area contributed by atoms with Gasteiger partial charge in [0.25, 0.3) is 0 Å². The predicted octanol–water partition coefficient (Wildman–Crippen LogP) is 14.8. The molecule has 1 nitrogen and oxygen atoms in total. The molecule has 2 heteroatoms. The Hall–Kier alpha value is -6.22. The van der Waals surface area contributed by atoms with E-state index in [0.29, 0.717) is 0 Å². The molecule has 260 valence electrons. The van der Waals surface area contributed by atoms with E-state index in [1.165, 1.54) is 110 Å². The average Bonchev–Trinajstić information content (AvgIpc) is 3.82. The maximum absolute atomic E-state index is 2.59. The molecule has 3 aliphatic rings. The molecule has 0 bridgehead atoms. The first-order valence-corrected chi connectivity index (χ1v) is 20.2. The molecule has 1 aliphatic heterocycles. The molecule has 1 aromatic heterocycles. The van der Waals surface area contributed by atoms with E-state index in [-0.39, 0.29) is 10.8 Å². The van der Waals surface area contributed by atoms with Gasteiger partial charge in [-0.15, -0.1) is 11.3 Å². The number of anilines is 3. The fourth-order valence-electron chi connectivity index (χ4n) is 10.7. The molecule has 9 aromatic rings. The van der Waals surface area contributed by atoms with Crippen LogP contribution in [0.4, 0.5) is 17.1 Å². The summed E-state index contributed by atoms with van der Waals surface area (Å²) in [4.78, 5) is 2.59. The summed E-state index contributed by atoms with van der Waals surface area (Å²) in [5, 5.41) is 2.66. The maximum atomic E-state index is 2.59. The highest BCUT2D eigenvalue weighted by Crippen LogP contribution is 2.65. The van der Waals surface area contributed by atoms with Gasteiger partial charge < -0.3 is 4.90 Å². The smallest absolute Gasteiger partial charge is 0.0540 e. The van der Waals surface area contributed by atoms with Gasteiger partial charge >= 0.3 is 0 Å². The Kier molecular flexibility index (Phi) is 6.20. The molecule has 0 N–H and O–H groups in total. The third-order valence-electron chi connectivity index (χ3n) is 13.1. The summed E-state index contributed by atoms with van der Waals surface area (Å²) in [6.07, 6.45) is 0. The van der Waals surface area contributed by atoms with Gasteiger partial charge in [-0.2, -0.15) is 0 Å². The molecule has 0 saturated heterocycles. The Morgan fingerprint density at radius 2 is 0.891 bits per heavy atom. The van der Waals surface area contributed by atoms with Crippen LogP contribution in [0.25, 0.3) is 64.7 Å². The molecule has 12 rings (SSSR count). The number of hydrogen-bond donors (Lipinski definition) is 0. The molecule has 1 atom stereocenters. The van der Waals surface area contributed by atoms with Crippen LogP contribution in [0.3, 0.4) is 0 Å². The summed E-state index contributed by atoms with van der Waals surface area (Å²) in [5.74, 6) is 0. The number of benzene rings is 8. The fraction of sp³-hybridized carbons (Fsp3) is 0.0943. The summed E-state index contributed by atoms with van der Waals surface area (Å²) >= 11 is 1.91. The van der Waals surface area contributed by atoms with E-state index in [0.717, 1.165) is 0 Å². The maximum Gasteiger partial charge on any atom is 0.0540 e. The van der Waals surface area contributed by atoms with E-state index in [2.05, 4.69) is 196 Å². The van der Waals surface area contributed by atoms with Crippen LogP contribution in [0.15, 0.2) is 170 Å². The Labute approximate surface area is 325 Å². The topological polar surface area (TPSA) is 3.24 Å². The highest BCUT2D eigenvalue weighted by Gasteiger charge is 2.50. The molecule has 8 aromatic carbocycles. The van der Waals surface area contributed by atoms with Gasteiger partial charge in [0, 0.05) is 36.6 Å². The second kappa shape index (κ2) is 10.9. The molecule has 1 unspecified atom stereocenters. The van der Waals surface area contributed by atoms with E-state index in [9.17, 15) is 0 Å². The largest absolute Gasteiger partial charge is 0.309 e. The first-order chi connectivity index (χ1) is 27.0. The van der Waals surface area contributed by atoms with Crippen molar-refractivity contribution in [1.82, 2.24) is 0 Å². The summed E-state index contributed by atoms with van der Waals surface area (Å²) in [5.41, 5.74) is 20.6. The number of hydrogen-bond acceptors (Lipinski definition) is 2. The number of para-hydroxylation sites is 1. The van der Waals surface area contributed by atoms with Gasteiger partial charge in [0.15, 0.2) is 0 Å². The molecule has 0 saturated carbocycles. The van der Waals surface area contributed by atoms with Gasteiger partial charge in [-0.3, -0.25) is 0 Å². The summed E-state index contributed by atoms with van der Waals surface area (Å²) < 4.78 is 2.68. The minimum absolute atomic E-state index is 0.0784. The summed E-state index contributed by atoms with van der Waals surface area (Å²) in [6.45, 7) is 7.23. The predicted molar refractivity (Wildman–Crippen MR) is 233 cm³/mol. The zero-order valence-corrected chi connectivity index (χ0v) is 31.8. The second-order valence-corrected chi connectivity index (χ2v) is 17.2. The lowest BCUT2D eigenvalue weighted by Crippen LogP contribution is -2.33. The standard InChI is InChI=1S/C53H37NS/c1-52(2)41-25-8-5-19-40(41)48-35(20-13-27-43(48)52)33-17-6-10-28-44(33)54-45-29-14-21-36-32-16-4-9-26-42(32)53(3,49(36)45)50-37(22-15-30-46(50)54)39-24-12-23-38-34-18-7-11-31-47(34)55-51(38)39/h4-31H,1-3H3. The lowest BCUT2D eigenvalue weighted by atomic mass is 9.68. The average molecular weight is 720 g/mol. The van der Waals surface area contributed by atoms with Gasteiger partial charge in [0.1, 0.15) is 0 Å². The monoisotopic (exact) mass is 719 g/mol. The first-order valence-electron chi connectivity index (χ1n) is 19.4. The van der Waals surface area contributed by atoms with Crippen molar-refractivity contribution < 1.29 is 0 Å². The Morgan fingerprint density at radius 1 is 0.382 bits per heavy atom. The molecule has 0 spiro atoms. The zero-order chi connectivity index (χ0) is 36.6. The van der Waals surface area contributed by atoms with Crippen molar-refractivity contribution in [3.05, 3.63) is 198 Å². The van der Waals surface area contributed by atoms with Crippen molar-refractivity contribution in [2.45, 2.75) is 31.6 Å². The van der Waals surface area contributed by atoms with Crippen LogP contribution in [-0.4, -0.2) is 0 Å². The van der Waals surface area contributed by atoms with Gasteiger partial charge in [-0.1, -0.05) is 159 Å². The number of fused-ring (bicyclic) bond motifs is 11. The van der Waals surface area contributed by atoms with Gasteiger partial charge in [-0.05, 0) is 98.0 Å². The summed E-state index contributed by atoms with van der Waals surface area (Å²) in [6, 6.07) is 64.0. The van der Waals surface area contributed by atoms with Crippen LogP contribution in [0.5, 0.6) is 0 Å². The van der Waals surface area contributed by atoms with Crippen LogP contribution in [0, 0.1) is 0 Å². The Balaban J connectivity index is 1.18. The van der Waals surface area contributed by atoms with E-state index < -0.39 is 0 Å². The molecular weight excluding hydrogens is 683 g/mol. The minimum Gasteiger partial charge on any atom is -0.309 e. The van der Waals surface area contributed by atoms with Gasteiger partial charge in [0.05, 0.1) is 17.1 Å². The quantitative estimate of drug-likeness (QED) is 0.176. The van der Waals surface area contributed by atoms with Crippen molar-refractivity contribution in [3.8, 4) is 44.5 Å². The highest BCUT2D eigenvalue weighted by molar-refractivity contribution is 7.26. The normalized spacial score (nSPS) is 16.8. The number of thiophene rings is 1. The lowest BCUT2D eigenvalue weighted by molar-refractivity contribution is 0.660. The van der Waals surface area contributed by atoms with Gasteiger partial charge in [-0.25, -0.2) is 0 Å². The third kappa shape index (κ3) is 3.92. The first kappa shape index (κ1) is 31.2. The van der Waals surface area contributed by atoms with E-state index in [1.54, 1.807) is 0 Å². The fourth-order valence-corrected chi connectivity index (χ4v) is 12.0. The van der Waals surface area contributed by atoms with Crippen LogP contribution >= 0.6 is 11.3 Å². The molecule has 0 amide bonds. The second-order valence-electron chi connectivity index (χ2n) is 16.1. The SMILES string of the molecule is CC1(C)c2ccccc2-c2c(-c3ccccc3N3c4cccc5c4C(C)(c4ccccc4-5)c4c(-c5cccc6c5sc5ccccc56)cccc43)cccc21. The van der Waals surface area contributed by atoms with Crippen LogP contribution in [0.1, 0.15) is 48.6 Å². The Bertz CT molecular complexity index is 3110. The third-order valence-corrected chi connectivity index (χ3v) is 14.3. The number of nitrogens with zero attached hydrogens (tertiary/aromatic N) is 1. The van der Waals surface area contributed by atoms with Crippen molar-refractivity contribution in [1.29, 1.82) is 0 Å². The van der Waals surface area contributed by atoms with Crippen molar-refractivity contribution in [2.24, 2.45) is 0 Å².